The first-order valence-corrected chi connectivity index (χ1v) is 1.93. The number of nitrogens with two attached hydrogens (primary N) is 1. The van der Waals surface area contributed by atoms with Crippen molar-refractivity contribution in [2.75, 3.05) is 0 Å². The van der Waals surface area contributed by atoms with Gasteiger partial charge in [0.1, 0.15) is 0 Å². The van der Waals surface area contributed by atoms with E-state index in [2.05, 4.69) is 18.4 Å². The standard InChI is InChI=1S/C3H3FNOS/c4-2(1-7)3(5)6/h1H,(H2,5,6)/b2-1-. The number of hydrogen-bond acceptors (Lipinski definition) is 1. The molecule has 2 N–H and O–H groups in total. The maximum absolute atomic E-state index is 11.5. The molecule has 0 aliphatic rings. The lowest BCUT2D eigenvalue weighted by atomic mass is 10.6. The molecule has 0 aliphatic heterocycles. The number of carbonyl (C=O) groups is 1. The van der Waals surface area contributed by atoms with Crippen molar-refractivity contribution < 1.29 is 9.18 Å². The number of rotatable bonds is 1. The molecule has 0 rings (SSSR count). The molecule has 0 aliphatic carbocycles. The molecular formula is C3H3FNOS. The van der Waals surface area contributed by atoms with Gasteiger partial charge in [-0.1, -0.05) is 12.6 Å². The average molecular weight is 120 g/mol. The van der Waals surface area contributed by atoms with Gasteiger partial charge in [-0.2, -0.15) is 4.39 Å². The van der Waals surface area contributed by atoms with E-state index in [1.165, 1.54) is 0 Å². The fourth-order valence-corrected chi connectivity index (χ4v) is 0.174. The molecule has 39 valence electrons. The minimum atomic E-state index is -1.12. The molecule has 4 heteroatoms. The molecule has 0 unspecified atom stereocenters. The van der Waals surface area contributed by atoms with Crippen LogP contribution in [-0.2, 0) is 4.79 Å². The molecule has 1 radical (unpaired) electrons. The predicted molar refractivity (Wildman–Crippen MR) is 26.0 cm³/mol. The molecule has 0 fully saturated rings. The van der Waals surface area contributed by atoms with E-state index >= 15 is 0 Å². The quantitative estimate of drug-likeness (QED) is 0.502. The molecule has 0 aromatic carbocycles. The molecule has 0 saturated heterocycles. The zero-order valence-electron chi connectivity index (χ0n) is 3.35. The van der Waals surface area contributed by atoms with Crippen LogP contribution in [0.4, 0.5) is 4.39 Å². The Kier molecular flexibility index (Phi) is 2.29. The van der Waals surface area contributed by atoms with Gasteiger partial charge < -0.3 is 5.73 Å². The van der Waals surface area contributed by atoms with Crippen LogP contribution in [0, 0.1) is 0 Å². The summed E-state index contributed by atoms with van der Waals surface area (Å²) in [5, 5.41) is 0.600. The van der Waals surface area contributed by atoms with E-state index in [0.29, 0.717) is 5.41 Å². The van der Waals surface area contributed by atoms with Crippen LogP contribution < -0.4 is 5.73 Å². The third kappa shape index (κ3) is 2.11. The third-order valence-corrected chi connectivity index (χ3v) is 0.546. The molecule has 0 aromatic heterocycles. The highest BCUT2D eigenvalue weighted by molar-refractivity contribution is 7.83. The van der Waals surface area contributed by atoms with Crippen LogP contribution in [0.25, 0.3) is 0 Å². The predicted octanol–water partition coefficient (Wildman–Crippen LogP) is 0.480. The van der Waals surface area contributed by atoms with Crippen LogP contribution >= 0.6 is 12.6 Å². The van der Waals surface area contributed by atoms with Crippen molar-refractivity contribution in [2.45, 2.75) is 0 Å². The fraction of sp³-hybridized carbons (Fsp3) is 0. The maximum Gasteiger partial charge on any atom is 0.278 e. The second-order valence-electron chi connectivity index (χ2n) is 0.830. The van der Waals surface area contributed by atoms with Gasteiger partial charge in [0.15, 0.2) is 5.83 Å². The van der Waals surface area contributed by atoms with Gasteiger partial charge in [-0.3, -0.25) is 4.79 Å². The van der Waals surface area contributed by atoms with Crippen LogP contribution in [0.15, 0.2) is 11.2 Å². The van der Waals surface area contributed by atoms with Crippen molar-refractivity contribution in [1.82, 2.24) is 0 Å². The van der Waals surface area contributed by atoms with Crippen molar-refractivity contribution in [1.29, 1.82) is 0 Å². The van der Waals surface area contributed by atoms with Gasteiger partial charge in [-0.05, 0) is 0 Å². The van der Waals surface area contributed by atoms with E-state index in [4.69, 9.17) is 0 Å². The molecule has 0 bridgehead atoms. The summed E-state index contributed by atoms with van der Waals surface area (Å²) < 4.78 is 11.5. The Hall–Kier alpha value is -0.640. The lowest BCUT2D eigenvalue weighted by molar-refractivity contribution is -0.115. The Morgan fingerprint density at radius 1 is 1.86 bits per heavy atom. The fourth-order valence-electron chi connectivity index (χ4n) is 0.0581. The van der Waals surface area contributed by atoms with Crippen LogP contribution in [-0.4, -0.2) is 5.91 Å². The lowest BCUT2D eigenvalue weighted by Crippen LogP contribution is -2.09. The Balaban J connectivity index is 3.82. The van der Waals surface area contributed by atoms with Gasteiger partial charge in [0.25, 0.3) is 5.91 Å². The molecule has 0 spiro atoms. The molecule has 0 heterocycles. The van der Waals surface area contributed by atoms with E-state index in [1.54, 1.807) is 0 Å². The van der Waals surface area contributed by atoms with Gasteiger partial charge in [0.2, 0.25) is 0 Å². The molecule has 0 saturated carbocycles. The summed E-state index contributed by atoms with van der Waals surface area (Å²) in [6.45, 7) is 0. The van der Waals surface area contributed by atoms with E-state index in [0.717, 1.165) is 0 Å². The third-order valence-electron chi connectivity index (χ3n) is 0.339. The second-order valence-corrected chi connectivity index (χ2v) is 1.07. The number of amides is 1. The highest BCUT2D eigenvalue weighted by atomic mass is 32.1. The topological polar surface area (TPSA) is 43.1 Å². The lowest BCUT2D eigenvalue weighted by Gasteiger charge is -1.79. The molecule has 7 heavy (non-hydrogen) atoms. The molecular weight excluding hydrogens is 117 g/mol. The highest BCUT2D eigenvalue weighted by Crippen LogP contribution is 1.93. The van der Waals surface area contributed by atoms with Gasteiger partial charge in [-0.15, -0.1) is 0 Å². The Labute approximate surface area is 45.6 Å². The van der Waals surface area contributed by atoms with Crippen molar-refractivity contribution >= 4 is 18.5 Å². The van der Waals surface area contributed by atoms with E-state index < -0.39 is 11.7 Å². The smallest absolute Gasteiger partial charge is 0.278 e. The monoisotopic (exact) mass is 120 g/mol. The van der Waals surface area contributed by atoms with Crippen molar-refractivity contribution in [2.24, 2.45) is 5.73 Å². The molecule has 0 aromatic rings. The summed E-state index contributed by atoms with van der Waals surface area (Å²) in [5.74, 6) is -2.19. The minimum Gasteiger partial charge on any atom is -0.364 e. The molecule has 1 amide bonds. The average Bonchev–Trinajstić information content (AvgIpc) is 1.65. The largest absolute Gasteiger partial charge is 0.364 e. The Bertz CT molecular complexity index is 112. The summed E-state index contributed by atoms with van der Waals surface area (Å²) >= 11 is 4.01. The van der Waals surface area contributed by atoms with E-state index in [1.807, 2.05) is 0 Å². The number of carbonyl (C=O) groups excluding carboxylic acids is 1. The Morgan fingerprint density at radius 2 is 2.29 bits per heavy atom. The van der Waals surface area contributed by atoms with Crippen molar-refractivity contribution in [3.05, 3.63) is 11.2 Å². The summed E-state index contributed by atoms with van der Waals surface area (Å²) in [6, 6.07) is 0. The van der Waals surface area contributed by atoms with Crippen LogP contribution in [0.5, 0.6) is 0 Å². The summed E-state index contributed by atoms with van der Waals surface area (Å²) in [7, 11) is 0. The number of primary amides is 1. The highest BCUT2D eigenvalue weighted by Gasteiger charge is 1.97. The normalized spacial score (nSPS) is 11.3. The molecule has 2 nitrogen and oxygen atoms in total. The zero-order valence-corrected chi connectivity index (χ0v) is 4.17. The van der Waals surface area contributed by atoms with Crippen molar-refractivity contribution in [3.63, 3.8) is 0 Å². The summed E-state index contributed by atoms with van der Waals surface area (Å²) in [4.78, 5) is 9.64. The first-order valence-electron chi connectivity index (χ1n) is 1.46. The second kappa shape index (κ2) is 2.52. The van der Waals surface area contributed by atoms with Crippen LogP contribution in [0.3, 0.4) is 0 Å². The number of halogens is 1. The SMILES string of the molecule is NC(=O)/C(F)=C/[S]. The number of hydrogen-bond donors (Lipinski definition) is 1. The summed E-state index contributed by atoms with van der Waals surface area (Å²) in [6.07, 6.45) is 0. The summed E-state index contributed by atoms with van der Waals surface area (Å²) in [5.41, 5.74) is 4.40. The van der Waals surface area contributed by atoms with E-state index in [-0.39, 0.29) is 0 Å². The van der Waals surface area contributed by atoms with Gasteiger partial charge in [0.05, 0.1) is 0 Å². The molecule has 0 atom stereocenters. The Morgan fingerprint density at radius 3 is 2.29 bits per heavy atom. The van der Waals surface area contributed by atoms with E-state index in [9.17, 15) is 9.18 Å². The first kappa shape index (κ1) is 6.36. The van der Waals surface area contributed by atoms with Gasteiger partial charge in [0, 0.05) is 5.41 Å². The van der Waals surface area contributed by atoms with Gasteiger partial charge >= 0.3 is 0 Å². The van der Waals surface area contributed by atoms with Crippen LogP contribution in [0.1, 0.15) is 0 Å². The van der Waals surface area contributed by atoms with Crippen molar-refractivity contribution in [3.8, 4) is 0 Å². The van der Waals surface area contributed by atoms with Crippen LogP contribution in [0.2, 0.25) is 0 Å². The van der Waals surface area contributed by atoms with Gasteiger partial charge in [-0.25, -0.2) is 0 Å². The zero-order chi connectivity index (χ0) is 5.86. The minimum absolute atomic E-state index is 0.600. The maximum atomic E-state index is 11.5. The first-order chi connectivity index (χ1) is 3.18.